The molecular formula is C8H14N2O4. The Labute approximate surface area is 81.6 Å². The van der Waals surface area contributed by atoms with Gasteiger partial charge in [0.2, 0.25) is 12.2 Å². The average Bonchev–Trinajstić information content (AvgIpc) is 2.13. The summed E-state index contributed by atoms with van der Waals surface area (Å²) >= 11 is 0. The normalized spacial score (nSPS) is 23.9. The Balaban J connectivity index is 0. The zero-order valence-corrected chi connectivity index (χ0v) is 7.69. The number of hydrogen-bond donors (Lipinski definition) is 4. The molecule has 1 aliphatic rings. The van der Waals surface area contributed by atoms with Gasteiger partial charge in [-0.05, 0) is 25.7 Å². The van der Waals surface area contributed by atoms with Crippen molar-refractivity contribution in [2.75, 3.05) is 0 Å². The van der Waals surface area contributed by atoms with Crippen LogP contribution in [0.15, 0.2) is 0 Å². The molecular weight excluding hydrogens is 188 g/mol. The molecule has 0 aromatic heterocycles. The van der Waals surface area contributed by atoms with Gasteiger partial charge in [-0.1, -0.05) is 0 Å². The SMILES string of the molecule is N=C=O.N=C=O.OC1CCC(O)CC1. The Hall–Kier alpha value is -1.32. The first-order valence-electron chi connectivity index (χ1n) is 4.06. The predicted octanol–water partition coefficient (Wildman–Crippen LogP) is 0.0841. The Morgan fingerprint density at radius 2 is 1.00 bits per heavy atom. The lowest BCUT2D eigenvalue weighted by atomic mass is 9.95. The third-order valence-electron chi connectivity index (χ3n) is 1.67. The highest BCUT2D eigenvalue weighted by Crippen LogP contribution is 2.17. The summed E-state index contributed by atoms with van der Waals surface area (Å²) in [5.41, 5.74) is 0. The number of hydrogen-bond acceptors (Lipinski definition) is 6. The molecule has 1 fully saturated rings. The van der Waals surface area contributed by atoms with Gasteiger partial charge in [0.25, 0.3) is 0 Å². The Bertz CT molecular complexity index is 166. The molecule has 6 heteroatoms. The van der Waals surface area contributed by atoms with Crippen LogP contribution in [-0.4, -0.2) is 34.6 Å². The maximum Gasteiger partial charge on any atom is 0.231 e. The Morgan fingerprint density at radius 3 is 1.14 bits per heavy atom. The minimum Gasteiger partial charge on any atom is -0.393 e. The fraction of sp³-hybridized carbons (Fsp3) is 0.750. The van der Waals surface area contributed by atoms with Crippen LogP contribution in [0, 0.1) is 10.8 Å². The van der Waals surface area contributed by atoms with Gasteiger partial charge in [0, 0.05) is 0 Å². The smallest absolute Gasteiger partial charge is 0.231 e. The van der Waals surface area contributed by atoms with Crippen molar-refractivity contribution < 1.29 is 19.8 Å². The van der Waals surface area contributed by atoms with E-state index in [9.17, 15) is 0 Å². The topological polar surface area (TPSA) is 122 Å². The van der Waals surface area contributed by atoms with Crippen molar-refractivity contribution in [2.24, 2.45) is 0 Å². The van der Waals surface area contributed by atoms with Crippen LogP contribution < -0.4 is 0 Å². The van der Waals surface area contributed by atoms with Gasteiger partial charge in [-0.2, -0.15) is 0 Å². The van der Waals surface area contributed by atoms with E-state index in [0.717, 1.165) is 37.8 Å². The molecule has 0 atom stereocenters. The molecule has 4 N–H and O–H groups in total. The van der Waals surface area contributed by atoms with Crippen molar-refractivity contribution in [1.29, 1.82) is 10.8 Å². The van der Waals surface area contributed by atoms with E-state index in [0.29, 0.717) is 0 Å². The summed E-state index contributed by atoms with van der Waals surface area (Å²) in [6.07, 6.45) is 4.33. The molecule has 6 nitrogen and oxygen atoms in total. The van der Waals surface area contributed by atoms with E-state index < -0.39 is 0 Å². The van der Waals surface area contributed by atoms with Gasteiger partial charge in [-0.15, -0.1) is 0 Å². The molecule has 0 spiro atoms. The molecule has 0 unspecified atom stereocenters. The van der Waals surface area contributed by atoms with Gasteiger partial charge in [-0.25, -0.2) is 20.4 Å². The number of aliphatic hydroxyl groups excluding tert-OH is 2. The number of nitrogens with one attached hydrogen (secondary N) is 2. The Morgan fingerprint density at radius 1 is 0.857 bits per heavy atom. The van der Waals surface area contributed by atoms with E-state index in [4.69, 9.17) is 30.6 Å². The minimum absolute atomic E-state index is 0.140. The lowest BCUT2D eigenvalue weighted by Gasteiger charge is -2.20. The maximum atomic E-state index is 8.92. The van der Waals surface area contributed by atoms with Crippen LogP contribution in [0.2, 0.25) is 0 Å². The molecule has 0 saturated heterocycles. The lowest BCUT2D eigenvalue weighted by molar-refractivity contribution is 0.0541. The summed E-state index contributed by atoms with van der Waals surface area (Å²) in [5.74, 6) is 0. The van der Waals surface area contributed by atoms with E-state index in [1.54, 1.807) is 0 Å². The molecule has 80 valence electrons. The molecule has 1 saturated carbocycles. The number of carbonyl (C=O) groups excluding carboxylic acids is 2. The molecule has 0 aliphatic heterocycles. The minimum atomic E-state index is -0.140. The fourth-order valence-electron chi connectivity index (χ4n) is 1.06. The summed E-state index contributed by atoms with van der Waals surface area (Å²) in [6, 6.07) is 0. The molecule has 1 rings (SSSR count). The zero-order chi connectivity index (χ0) is 11.4. The highest BCUT2D eigenvalue weighted by atomic mass is 16.3. The Kier molecular flexibility index (Phi) is 12.7. The summed E-state index contributed by atoms with van der Waals surface area (Å²) in [4.78, 5) is 16.7. The molecule has 14 heavy (non-hydrogen) atoms. The molecule has 0 heterocycles. The van der Waals surface area contributed by atoms with Crippen LogP contribution in [0.4, 0.5) is 0 Å². The van der Waals surface area contributed by atoms with Gasteiger partial charge >= 0.3 is 0 Å². The van der Waals surface area contributed by atoms with Crippen molar-refractivity contribution in [1.82, 2.24) is 0 Å². The van der Waals surface area contributed by atoms with Crippen LogP contribution >= 0.6 is 0 Å². The third-order valence-corrected chi connectivity index (χ3v) is 1.67. The second-order valence-corrected chi connectivity index (χ2v) is 2.67. The van der Waals surface area contributed by atoms with Crippen LogP contribution in [0.25, 0.3) is 0 Å². The maximum absolute atomic E-state index is 8.92. The molecule has 0 radical (unpaired) electrons. The van der Waals surface area contributed by atoms with E-state index in [1.165, 1.54) is 0 Å². The van der Waals surface area contributed by atoms with Crippen LogP contribution in [0.5, 0.6) is 0 Å². The van der Waals surface area contributed by atoms with E-state index in [1.807, 2.05) is 0 Å². The monoisotopic (exact) mass is 202 g/mol. The van der Waals surface area contributed by atoms with Crippen molar-refractivity contribution in [3.8, 4) is 0 Å². The van der Waals surface area contributed by atoms with Gasteiger partial charge in [0.1, 0.15) is 0 Å². The first-order chi connectivity index (χ1) is 6.62. The first-order valence-corrected chi connectivity index (χ1v) is 4.06. The van der Waals surface area contributed by atoms with E-state index in [2.05, 4.69) is 0 Å². The quantitative estimate of drug-likeness (QED) is 0.328. The van der Waals surface area contributed by atoms with Gasteiger partial charge in [0.05, 0.1) is 12.2 Å². The van der Waals surface area contributed by atoms with Crippen LogP contribution in [0.1, 0.15) is 25.7 Å². The highest BCUT2D eigenvalue weighted by molar-refractivity contribution is 5.26. The largest absolute Gasteiger partial charge is 0.393 e. The number of isocyanates is 2. The summed E-state index contributed by atoms with van der Waals surface area (Å²) in [6.45, 7) is 0. The summed E-state index contributed by atoms with van der Waals surface area (Å²) in [7, 11) is 0. The van der Waals surface area contributed by atoms with E-state index >= 15 is 0 Å². The van der Waals surface area contributed by atoms with Gasteiger partial charge < -0.3 is 10.2 Å². The van der Waals surface area contributed by atoms with E-state index in [-0.39, 0.29) is 12.2 Å². The molecule has 0 aromatic carbocycles. The van der Waals surface area contributed by atoms with Crippen molar-refractivity contribution in [2.45, 2.75) is 37.9 Å². The van der Waals surface area contributed by atoms with Gasteiger partial charge in [-0.3, -0.25) is 0 Å². The second kappa shape index (κ2) is 11.7. The zero-order valence-electron chi connectivity index (χ0n) is 7.69. The first kappa shape index (κ1) is 15.2. The number of aliphatic hydroxyl groups is 2. The van der Waals surface area contributed by atoms with Crippen molar-refractivity contribution in [3.63, 3.8) is 0 Å². The lowest BCUT2D eigenvalue weighted by Crippen LogP contribution is -2.21. The summed E-state index contributed by atoms with van der Waals surface area (Å²) < 4.78 is 0. The third kappa shape index (κ3) is 13.3. The van der Waals surface area contributed by atoms with Crippen LogP contribution in [0.3, 0.4) is 0 Å². The summed E-state index contributed by atoms with van der Waals surface area (Å²) in [5, 5.41) is 28.6. The van der Waals surface area contributed by atoms with Crippen LogP contribution in [-0.2, 0) is 9.59 Å². The second-order valence-electron chi connectivity index (χ2n) is 2.67. The highest BCUT2D eigenvalue weighted by Gasteiger charge is 2.15. The fourth-order valence-corrected chi connectivity index (χ4v) is 1.06. The molecule has 0 bridgehead atoms. The average molecular weight is 202 g/mol. The standard InChI is InChI=1S/C6H12O2.2CHNO/c7-5-1-2-6(8)4-3-5;2*2-1-3/h5-8H,1-4H2;2*2H. The van der Waals surface area contributed by atoms with Crippen molar-refractivity contribution >= 4 is 12.2 Å². The molecule has 0 aromatic rings. The van der Waals surface area contributed by atoms with Gasteiger partial charge in [0.15, 0.2) is 0 Å². The predicted molar refractivity (Wildman–Crippen MR) is 47.3 cm³/mol. The van der Waals surface area contributed by atoms with Crippen molar-refractivity contribution in [3.05, 3.63) is 0 Å². The number of rotatable bonds is 0. The molecule has 1 aliphatic carbocycles. The molecule has 0 amide bonds.